The van der Waals surface area contributed by atoms with Gasteiger partial charge in [0.2, 0.25) is 15.9 Å². The van der Waals surface area contributed by atoms with Crippen molar-refractivity contribution in [1.82, 2.24) is 9.21 Å². The molecule has 1 heterocycles. The monoisotopic (exact) mass is 250 g/mol. The van der Waals surface area contributed by atoms with Gasteiger partial charge >= 0.3 is 5.97 Å². The highest BCUT2D eigenvalue weighted by molar-refractivity contribution is 7.88. The van der Waals surface area contributed by atoms with Gasteiger partial charge in [-0.1, -0.05) is 0 Å². The second-order valence-electron chi connectivity index (χ2n) is 3.61. The van der Waals surface area contributed by atoms with Gasteiger partial charge in [0, 0.05) is 26.2 Å². The van der Waals surface area contributed by atoms with Crippen LogP contribution in [0, 0.1) is 0 Å². The Morgan fingerprint density at radius 1 is 1.19 bits per heavy atom. The molecule has 1 fully saturated rings. The predicted molar refractivity (Wildman–Crippen MR) is 55.2 cm³/mol. The molecule has 1 N–H and O–H groups in total. The van der Waals surface area contributed by atoms with Crippen LogP contribution in [0.4, 0.5) is 0 Å². The molecule has 1 amide bonds. The molecule has 0 aromatic heterocycles. The van der Waals surface area contributed by atoms with Crippen LogP contribution in [0.1, 0.15) is 6.42 Å². The van der Waals surface area contributed by atoms with Crippen LogP contribution in [0.3, 0.4) is 0 Å². The van der Waals surface area contributed by atoms with E-state index >= 15 is 0 Å². The number of hydrogen-bond donors (Lipinski definition) is 1. The van der Waals surface area contributed by atoms with Crippen molar-refractivity contribution in [3.63, 3.8) is 0 Å². The number of hydrogen-bond acceptors (Lipinski definition) is 4. The van der Waals surface area contributed by atoms with E-state index in [0.29, 0.717) is 0 Å². The number of sulfonamides is 1. The molecular formula is C8H14N2O5S. The highest BCUT2D eigenvalue weighted by atomic mass is 32.2. The van der Waals surface area contributed by atoms with E-state index in [4.69, 9.17) is 5.11 Å². The molecule has 1 aliphatic rings. The van der Waals surface area contributed by atoms with E-state index in [2.05, 4.69) is 0 Å². The molecule has 16 heavy (non-hydrogen) atoms. The van der Waals surface area contributed by atoms with E-state index < -0.39 is 28.3 Å². The van der Waals surface area contributed by atoms with Crippen molar-refractivity contribution in [2.24, 2.45) is 0 Å². The second kappa shape index (κ2) is 4.79. The zero-order chi connectivity index (χ0) is 12.3. The van der Waals surface area contributed by atoms with Gasteiger partial charge in [0.15, 0.2) is 0 Å². The second-order valence-corrected chi connectivity index (χ2v) is 5.60. The first-order chi connectivity index (χ1) is 7.30. The first-order valence-electron chi connectivity index (χ1n) is 4.75. The van der Waals surface area contributed by atoms with Crippen LogP contribution in [0.2, 0.25) is 0 Å². The molecule has 0 saturated carbocycles. The molecule has 0 radical (unpaired) electrons. The summed E-state index contributed by atoms with van der Waals surface area (Å²) in [6, 6.07) is 0. The fourth-order valence-electron chi connectivity index (χ4n) is 1.51. The molecule has 1 rings (SSSR count). The summed E-state index contributed by atoms with van der Waals surface area (Å²) in [6.07, 6.45) is 0.570. The Balaban J connectivity index is 2.49. The van der Waals surface area contributed by atoms with Gasteiger partial charge < -0.3 is 10.0 Å². The largest absolute Gasteiger partial charge is 0.481 e. The topological polar surface area (TPSA) is 95.0 Å². The number of aliphatic carboxylic acids is 1. The van der Waals surface area contributed by atoms with Crippen molar-refractivity contribution in [2.75, 3.05) is 32.4 Å². The van der Waals surface area contributed by atoms with E-state index in [1.54, 1.807) is 0 Å². The predicted octanol–water partition coefficient (Wildman–Crippen LogP) is -1.44. The van der Waals surface area contributed by atoms with Gasteiger partial charge in [0.1, 0.15) is 6.42 Å². The third-order valence-electron chi connectivity index (χ3n) is 2.36. The molecule has 1 aliphatic heterocycles. The van der Waals surface area contributed by atoms with Gasteiger partial charge in [-0.2, -0.15) is 4.31 Å². The Kier molecular flexibility index (Phi) is 3.87. The minimum absolute atomic E-state index is 0.226. The fourth-order valence-corrected chi connectivity index (χ4v) is 2.34. The first-order valence-corrected chi connectivity index (χ1v) is 6.60. The van der Waals surface area contributed by atoms with Gasteiger partial charge in [-0.15, -0.1) is 0 Å². The highest BCUT2D eigenvalue weighted by Gasteiger charge is 2.26. The zero-order valence-corrected chi connectivity index (χ0v) is 9.73. The summed E-state index contributed by atoms with van der Waals surface area (Å²) in [7, 11) is -3.22. The van der Waals surface area contributed by atoms with Crippen LogP contribution < -0.4 is 0 Å². The molecule has 0 spiro atoms. The van der Waals surface area contributed by atoms with E-state index in [1.807, 2.05) is 0 Å². The average molecular weight is 250 g/mol. The molecule has 7 nitrogen and oxygen atoms in total. The molecule has 0 aliphatic carbocycles. The summed E-state index contributed by atoms with van der Waals surface area (Å²) in [5, 5.41) is 8.44. The highest BCUT2D eigenvalue weighted by Crippen LogP contribution is 2.07. The minimum atomic E-state index is -3.22. The van der Waals surface area contributed by atoms with Crippen molar-refractivity contribution in [2.45, 2.75) is 6.42 Å². The Bertz CT molecular complexity index is 383. The van der Waals surface area contributed by atoms with E-state index in [0.717, 1.165) is 6.26 Å². The standard InChI is InChI=1S/C8H14N2O5S/c1-16(14,15)10-4-2-9(3-5-10)7(11)6-8(12)13/h2-6H2,1H3,(H,12,13). The molecule has 92 valence electrons. The lowest BCUT2D eigenvalue weighted by Gasteiger charge is -2.32. The van der Waals surface area contributed by atoms with E-state index in [9.17, 15) is 18.0 Å². The maximum absolute atomic E-state index is 11.3. The van der Waals surface area contributed by atoms with Crippen molar-refractivity contribution in [3.05, 3.63) is 0 Å². The fraction of sp³-hybridized carbons (Fsp3) is 0.750. The maximum Gasteiger partial charge on any atom is 0.312 e. The molecule has 0 aromatic rings. The molecule has 1 saturated heterocycles. The Labute approximate surface area is 93.7 Å². The molecule has 0 bridgehead atoms. The zero-order valence-electron chi connectivity index (χ0n) is 8.92. The van der Waals surface area contributed by atoms with E-state index in [-0.39, 0.29) is 26.2 Å². The smallest absolute Gasteiger partial charge is 0.312 e. The minimum Gasteiger partial charge on any atom is -0.481 e. The van der Waals surface area contributed by atoms with Crippen LogP contribution in [0.25, 0.3) is 0 Å². The lowest BCUT2D eigenvalue weighted by molar-refractivity contribution is -0.144. The SMILES string of the molecule is CS(=O)(=O)N1CCN(C(=O)CC(=O)O)CC1. The third-order valence-corrected chi connectivity index (χ3v) is 3.67. The van der Waals surface area contributed by atoms with Crippen LogP contribution in [-0.4, -0.2) is 67.0 Å². The normalized spacial score (nSPS) is 18.4. The molecule has 0 aromatic carbocycles. The van der Waals surface area contributed by atoms with Gasteiger partial charge in [-0.3, -0.25) is 9.59 Å². The summed E-state index contributed by atoms with van der Waals surface area (Å²) >= 11 is 0. The van der Waals surface area contributed by atoms with Gasteiger partial charge in [0.05, 0.1) is 6.26 Å². The number of carbonyl (C=O) groups excluding carboxylic acids is 1. The molecule has 0 atom stereocenters. The lowest BCUT2D eigenvalue weighted by atomic mass is 10.3. The van der Waals surface area contributed by atoms with Gasteiger partial charge in [0.25, 0.3) is 0 Å². The number of carboxylic acid groups (broad SMARTS) is 1. The quantitative estimate of drug-likeness (QED) is 0.619. The Morgan fingerprint density at radius 2 is 1.69 bits per heavy atom. The molecule has 8 heteroatoms. The summed E-state index contributed by atoms with van der Waals surface area (Å²) in [5.41, 5.74) is 0. The summed E-state index contributed by atoms with van der Waals surface area (Å²) < 4.78 is 23.6. The van der Waals surface area contributed by atoms with Crippen molar-refractivity contribution >= 4 is 21.9 Å². The van der Waals surface area contributed by atoms with Crippen LogP contribution in [-0.2, 0) is 19.6 Å². The maximum atomic E-state index is 11.3. The number of carbonyl (C=O) groups is 2. The lowest BCUT2D eigenvalue weighted by Crippen LogP contribution is -2.50. The summed E-state index contributed by atoms with van der Waals surface area (Å²) in [6.45, 7) is 0.951. The molecule has 0 unspecified atom stereocenters. The summed E-state index contributed by atoms with van der Waals surface area (Å²) in [5.74, 6) is -1.64. The number of carboxylic acids is 1. The number of rotatable bonds is 3. The van der Waals surface area contributed by atoms with Crippen molar-refractivity contribution < 1.29 is 23.1 Å². The Hall–Kier alpha value is -1.15. The number of piperazine rings is 1. The van der Waals surface area contributed by atoms with E-state index in [1.165, 1.54) is 9.21 Å². The number of amides is 1. The van der Waals surface area contributed by atoms with Crippen molar-refractivity contribution in [3.8, 4) is 0 Å². The first kappa shape index (κ1) is 12.9. The van der Waals surface area contributed by atoms with Gasteiger partial charge in [-0.25, -0.2) is 8.42 Å². The molecular weight excluding hydrogens is 236 g/mol. The van der Waals surface area contributed by atoms with Crippen LogP contribution >= 0.6 is 0 Å². The van der Waals surface area contributed by atoms with Crippen LogP contribution in [0.15, 0.2) is 0 Å². The van der Waals surface area contributed by atoms with Gasteiger partial charge in [-0.05, 0) is 0 Å². The average Bonchev–Trinajstić information content (AvgIpc) is 2.15. The number of nitrogens with zero attached hydrogens (tertiary/aromatic N) is 2. The van der Waals surface area contributed by atoms with Crippen LogP contribution in [0.5, 0.6) is 0 Å². The van der Waals surface area contributed by atoms with Crippen molar-refractivity contribution in [1.29, 1.82) is 0 Å². The Morgan fingerprint density at radius 3 is 2.06 bits per heavy atom. The summed E-state index contributed by atoms with van der Waals surface area (Å²) in [4.78, 5) is 23.0. The third kappa shape index (κ3) is 3.46.